The first kappa shape index (κ1) is 13.9. The molecule has 3 heteroatoms. The summed E-state index contributed by atoms with van der Waals surface area (Å²) >= 11 is 0. The average Bonchev–Trinajstić information content (AvgIpc) is 2.11. The zero-order valence-corrected chi connectivity index (χ0v) is 9.97. The Morgan fingerprint density at radius 1 is 1.43 bits per heavy atom. The van der Waals surface area contributed by atoms with E-state index in [4.69, 9.17) is 4.74 Å². The van der Waals surface area contributed by atoms with Crippen molar-refractivity contribution in [3.63, 3.8) is 0 Å². The third kappa shape index (κ3) is 6.35. The van der Waals surface area contributed by atoms with Gasteiger partial charge in [-0.3, -0.25) is 0 Å². The highest BCUT2D eigenvalue weighted by molar-refractivity contribution is 4.83. The highest BCUT2D eigenvalue weighted by Gasteiger charge is 2.23. The molecule has 0 aromatic heterocycles. The van der Waals surface area contributed by atoms with Gasteiger partial charge in [0.15, 0.2) is 0 Å². The number of ether oxygens (including phenoxy) is 1. The quantitative estimate of drug-likeness (QED) is 0.588. The van der Waals surface area contributed by atoms with E-state index in [9.17, 15) is 5.11 Å². The Morgan fingerprint density at radius 2 is 2.07 bits per heavy atom. The van der Waals surface area contributed by atoms with Crippen molar-refractivity contribution in [3.8, 4) is 0 Å². The molecule has 0 aromatic rings. The number of aliphatic hydroxyl groups excluding tert-OH is 1. The van der Waals surface area contributed by atoms with Crippen LogP contribution in [0, 0.1) is 0 Å². The lowest BCUT2D eigenvalue weighted by Crippen LogP contribution is -2.52. The smallest absolute Gasteiger partial charge is 0.0668 e. The second-order valence-corrected chi connectivity index (χ2v) is 4.42. The number of unbranched alkanes of at least 4 members (excludes halogenated alkanes) is 1. The standard InChI is InChI=1S/C11H25NO2/c1-5-6-7-14-9-11(4,8-13)12-10(2)3/h10,12-13H,5-9H2,1-4H3. The first-order chi connectivity index (χ1) is 6.54. The van der Waals surface area contributed by atoms with Crippen LogP contribution in [0.25, 0.3) is 0 Å². The van der Waals surface area contributed by atoms with E-state index < -0.39 is 0 Å². The van der Waals surface area contributed by atoms with Crippen LogP contribution in [0.4, 0.5) is 0 Å². The molecule has 0 radical (unpaired) electrons. The molecule has 0 heterocycles. The van der Waals surface area contributed by atoms with Crippen LogP contribution >= 0.6 is 0 Å². The molecule has 0 rings (SSSR count). The van der Waals surface area contributed by atoms with Crippen molar-refractivity contribution in [2.24, 2.45) is 0 Å². The van der Waals surface area contributed by atoms with Crippen molar-refractivity contribution in [1.82, 2.24) is 5.32 Å². The molecular formula is C11H25NO2. The topological polar surface area (TPSA) is 41.5 Å². The molecule has 0 aliphatic heterocycles. The predicted octanol–water partition coefficient (Wildman–Crippen LogP) is 1.55. The molecule has 0 amide bonds. The highest BCUT2D eigenvalue weighted by atomic mass is 16.5. The van der Waals surface area contributed by atoms with Crippen LogP contribution in [0.2, 0.25) is 0 Å². The van der Waals surface area contributed by atoms with E-state index in [0.717, 1.165) is 19.4 Å². The van der Waals surface area contributed by atoms with Gasteiger partial charge in [0.2, 0.25) is 0 Å². The number of rotatable bonds is 8. The minimum Gasteiger partial charge on any atom is -0.394 e. The van der Waals surface area contributed by atoms with E-state index >= 15 is 0 Å². The molecule has 2 N–H and O–H groups in total. The molecule has 0 bridgehead atoms. The minimum atomic E-state index is -0.304. The first-order valence-corrected chi connectivity index (χ1v) is 5.50. The van der Waals surface area contributed by atoms with Gasteiger partial charge in [-0.25, -0.2) is 0 Å². The maximum Gasteiger partial charge on any atom is 0.0668 e. The van der Waals surface area contributed by atoms with E-state index in [1.54, 1.807) is 0 Å². The number of hydrogen-bond donors (Lipinski definition) is 2. The van der Waals surface area contributed by atoms with Crippen LogP contribution < -0.4 is 5.32 Å². The largest absolute Gasteiger partial charge is 0.394 e. The Kier molecular flexibility index (Phi) is 7.15. The van der Waals surface area contributed by atoms with Crippen LogP contribution in [-0.2, 0) is 4.74 Å². The predicted molar refractivity (Wildman–Crippen MR) is 59.5 cm³/mol. The van der Waals surface area contributed by atoms with Gasteiger partial charge in [0.1, 0.15) is 0 Å². The Bertz CT molecular complexity index is 139. The summed E-state index contributed by atoms with van der Waals surface area (Å²) in [5.41, 5.74) is -0.304. The second-order valence-electron chi connectivity index (χ2n) is 4.42. The highest BCUT2D eigenvalue weighted by Crippen LogP contribution is 2.05. The monoisotopic (exact) mass is 203 g/mol. The summed E-state index contributed by atoms with van der Waals surface area (Å²) in [5, 5.41) is 12.6. The van der Waals surface area contributed by atoms with Crippen molar-refractivity contribution in [1.29, 1.82) is 0 Å². The van der Waals surface area contributed by atoms with Crippen LogP contribution in [0.1, 0.15) is 40.5 Å². The first-order valence-electron chi connectivity index (χ1n) is 5.50. The van der Waals surface area contributed by atoms with E-state index in [-0.39, 0.29) is 12.1 Å². The van der Waals surface area contributed by atoms with Crippen molar-refractivity contribution in [2.45, 2.75) is 52.1 Å². The van der Waals surface area contributed by atoms with Gasteiger partial charge >= 0.3 is 0 Å². The summed E-state index contributed by atoms with van der Waals surface area (Å²) in [7, 11) is 0. The third-order valence-corrected chi connectivity index (χ3v) is 2.05. The lowest BCUT2D eigenvalue weighted by Gasteiger charge is -2.30. The van der Waals surface area contributed by atoms with E-state index in [1.807, 2.05) is 6.92 Å². The minimum absolute atomic E-state index is 0.108. The maximum atomic E-state index is 9.25. The Hall–Kier alpha value is -0.120. The van der Waals surface area contributed by atoms with Gasteiger partial charge in [0, 0.05) is 12.6 Å². The number of nitrogens with one attached hydrogen (secondary N) is 1. The van der Waals surface area contributed by atoms with Gasteiger partial charge in [-0.2, -0.15) is 0 Å². The summed E-state index contributed by atoms with van der Waals surface area (Å²) in [5.74, 6) is 0. The summed E-state index contributed by atoms with van der Waals surface area (Å²) < 4.78 is 5.51. The summed E-state index contributed by atoms with van der Waals surface area (Å²) in [6, 6.07) is 0.363. The molecule has 0 aliphatic rings. The zero-order chi connectivity index (χ0) is 11.0. The molecule has 0 fully saturated rings. The van der Waals surface area contributed by atoms with Crippen molar-refractivity contribution >= 4 is 0 Å². The zero-order valence-electron chi connectivity index (χ0n) is 9.97. The molecule has 1 atom stereocenters. The van der Waals surface area contributed by atoms with Crippen LogP contribution in [0.3, 0.4) is 0 Å². The van der Waals surface area contributed by atoms with Gasteiger partial charge in [-0.1, -0.05) is 27.2 Å². The molecule has 0 aliphatic carbocycles. The summed E-state index contributed by atoms with van der Waals surface area (Å²) in [6.07, 6.45) is 2.23. The Labute approximate surface area is 87.8 Å². The lowest BCUT2D eigenvalue weighted by atomic mass is 10.0. The fourth-order valence-electron chi connectivity index (χ4n) is 1.37. The second kappa shape index (κ2) is 7.21. The van der Waals surface area contributed by atoms with Gasteiger partial charge in [0.05, 0.1) is 18.8 Å². The van der Waals surface area contributed by atoms with Crippen molar-refractivity contribution in [3.05, 3.63) is 0 Å². The van der Waals surface area contributed by atoms with Crippen LogP contribution in [-0.4, -0.2) is 36.5 Å². The average molecular weight is 203 g/mol. The number of aliphatic hydroxyl groups is 1. The Morgan fingerprint density at radius 3 is 2.50 bits per heavy atom. The maximum absolute atomic E-state index is 9.25. The van der Waals surface area contributed by atoms with E-state index in [2.05, 4.69) is 26.1 Å². The van der Waals surface area contributed by atoms with Gasteiger partial charge < -0.3 is 15.2 Å². The lowest BCUT2D eigenvalue weighted by molar-refractivity contribution is 0.0392. The molecule has 0 saturated carbocycles. The van der Waals surface area contributed by atoms with E-state index in [0.29, 0.717) is 12.6 Å². The SMILES string of the molecule is CCCCOCC(C)(CO)NC(C)C. The van der Waals surface area contributed by atoms with Gasteiger partial charge in [0.25, 0.3) is 0 Å². The Balaban J connectivity index is 3.75. The molecule has 1 unspecified atom stereocenters. The normalized spacial score (nSPS) is 15.9. The van der Waals surface area contributed by atoms with Crippen LogP contribution in [0.5, 0.6) is 0 Å². The van der Waals surface area contributed by atoms with E-state index in [1.165, 1.54) is 0 Å². The molecule has 14 heavy (non-hydrogen) atoms. The molecule has 0 aromatic carbocycles. The molecule has 0 spiro atoms. The van der Waals surface area contributed by atoms with Gasteiger partial charge in [-0.15, -0.1) is 0 Å². The van der Waals surface area contributed by atoms with Crippen molar-refractivity contribution in [2.75, 3.05) is 19.8 Å². The molecule has 0 saturated heterocycles. The molecule has 86 valence electrons. The molecular weight excluding hydrogens is 178 g/mol. The third-order valence-electron chi connectivity index (χ3n) is 2.05. The number of hydrogen-bond acceptors (Lipinski definition) is 3. The van der Waals surface area contributed by atoms with Gasteiger partial charge in [-0.05, 0) is 13.3 Å². The summed E-state index contributed by atoms with van der Waals surface area (Å²) in [4.78, 5) is 0. The van der Waals surface area contributed by atoms with Crippen LogP contribution in [0.15, 0.2) is 0 Å². The fourth-order valence-corrected chi connectivity index (χ4v) is 1.37. The van der Waals surface area contributed by atoms with Crippen molar-refractivity contribution < 1.29 is 9.84 Å². The summed E-state index contributed by atoms with van der Waals surface area (Å²) in [6.45, 7) is 9.73. The molecule has 3 nitrogen and oxygen atoms in total. The fraction of sp³-hybridized carbons (Fsp3) is 1.00.